The van der Waals surface area contributed by atoms with Gasteiger partial charge in [-0.2, -0.15) is 0 Å². The molecule has 1 N–H and O–H groups in total. The summed E-state index contributed by atoms with van der Waals surface area (Å²) < 4.78 is 10.7. The van der Waals surface area contributed by atoms with Gasteiger partial charge in [0.25, 0.3) is 0 Å². The number of carbonyl (C=O) groups is 1. The Labute approximate surface area is 117 Å². The minimum Gasteiger partial charge on any atom is -0.454 e. The highest BCUT2D eigenvalue weighted by Crippen LogP contribution is 2.37. The van der Waals surface area contributed by atoms with Crippen molar-refractivity contribution >= 4 is 11.5 Å². The second-order valence-corrected chi connectivity index (χ2v) is 4.65. The van der Waals surface area contributed by atoms with Gasteiger partial charge in [-0.1, -0.05) is 30.3 Å². The van der Waals surface area contributed by atoms with Crippen molar-refractivity contribution < 1.29 is 14.3 Å². The number of ketones is 1. The van der Waals surface area contributed by atoms with E-state index in [0.29, 0.717) is 23.6 Å². The van der Waals surface area contributed by atoms with E-state index in [4.69, 9.17) is 9.47 Å². The molecule has 2 aromatic carbocycles. The molecule has 102 valence electrons. The number of rotatable bonds is 4. The maximum absolute atomic E-state index is 11.7. The number of carbonyl (C=O) groups excluding carboxylic acids is 1. The molecule has 0 saturated heterocycles. The molecule has 3 rings (SSSR count). The van der Waals surface area contributed by atoms with Crippen LogP contribution in [0, 0.1) is 0 Å². The van der Waals surface area contributed by atoms with Crippen LogP contribution in [0.25, 0.3) is 0 Å². The summed E-state index contributed by atoms with van der Waals surface area (Å²) in [5.74, 6) is 1.30. The molecule has 0 atom stereocenters. The quantitative estimate of drug-likeness (QED) is 0.866. The zero-order chi connectivity index (χ0) is 13.9. The van der Waals surface area contributed by atoms with E-state index >= 15 is 0 Å². The minimum absolute atomic E-state index is 0.00105. The normalized spacial score (nSPS) is 12.2. The maximum Gasteiger partial charge on any atom is 0.231 e. The van der Waals surface area contributed by atoms with Crippen LogP contribution in [0.5, 0.6) is 11.5 Å². The Kier molecular flexibility index (Phi) is 3.29. The molecule has 20 heavy (non-hydrogen) atoms. The van der Waals surface area contributed by atoms with Crippen molar-refractivity contribution in [2.45, 2.75) is 13.5 Å². The van der Waals surface area contributed by atoms with Crippen molar-refractivity contribution in [2.75, 3.05) is 12.1 Å². The number of benzene rings is 2. The number of nitrogens with one attached hydrogen (secondary N) is 1. The van der Waals surface area contributed by atoms with E-state index in [0.717, 1.165) is 11.3 Å². The summed E-state index contributed by atoms with van der Waals surface area (Å²) in [6, 6.07) is 13.6. The SMILES string of the molecule is CC(=O)c1cc2c(cc1NCc1ccccc1)OCO2. The molecule has 4 nitrogen and oxygen atoms in total. The topological polar surface area (TPSA) is 47.6 Å². The van der Waals surface area contributed by atoms with Gasteiger partial charge in [-0.15, -0.1) is 0 Å². The van der Waals surface area contributed by atoms with Crippen LogP contribution in [-0.2, 0) is 6.54 Å². The van der Waals surface area contributed by atoms with Crippen LogP contribution in [0.4, 0.5) is 5.69 Å². The van der Waals surface area contributed by atoms with Crippen molar-refractivity contribution in [3.63, 3.8) is 0 Å². The molecule has 0 bridgehead atoms. The molecule has 2 aromatic rings. The summed E-state index contributed by atoms with van der Waals surface area (Å²) in [6.07, 6.45) is 0. The molecule has 0 fully saturated rings. The standard InChI is InChI=1S/C16H15NO3/c1-11(18)13-7-15-16(20-10-19-15)8-14(13)17-9-12-5-3-2-4-6-12/h2-8,17H,9-10H2,1H3. The first kappa shape index (κ1) is 12.5. The summed E-state index contributed by atoms with van der Waals surface area (Å²) in [4.78, 5) is 11.7. The highest BCUT2D eigenvalue weighted by Gasteiger charge is 2.19. The van der Waals surface area contributed by atoms with Crippen LogP contribution in [0.1, 0.15) is 22.8 Å². The monoisotopic (exact) mass is 269 g/mol. The third kappa shape index (κ3) is 2.45. The van der Waals surface area contributed by atoms with Gasteiger partial charge < -0.3 is 14.8 Å². The molecule has 0 saturated carbocycles. The Hall–Kier alpha value is -2.49. The molecular weight excluding hydrogens is 254 g/mol. The van der Waals surface area contributed by atoms with Crippen molar-refractivity contribution in [3.05, 3.63) is 53.6 Å². The fourth-order valence-electron chi connectivity index (χ4n) is 2.17. The van der Waals surface area contributed by atoms with Crippen molar-refractivity contribution in [3.8, 4) is 11.5 Å². The molecule has 0 aromatic heterocycles. The van der Waals surface area contributed by atoms with Gasteiger partial charge in [0.15, 0.2) is 17.3 Å². The first-order chi connectivity index (χ1) is 9.74. The van der Waals surface area contributed by atoms with Gasteiger partial charge in [0.2, 0.25) is 6.79 Å². The summed E-state index contributed by atoms with van der Waals surface area (Å²) in [5.41, 5.74) is 2.54. The van der Waals surface area contributed by atoms with E-state index in [9.17, 15) is 4.79 Å². The van der Waals surface area contributed by atoms with Gasteiger partial charge in [0.05, 0.1) is 0 Å². The fraction of sp³-hybridized carbons (Fsp3) is 0.188. The summed E-state index contributed by atoms with van der Waals surface area (Å²) in [5, 5.41) is 3.28. The number of anilines is 1. The summed E-state index contributed by atoms with van der Waals surface area (Å²) in [7, 11) is 0. The largest absolute Gasteiger partial charge is 0.454 e. The predicted octanol–water partition coefficient (Wildman–Crippen LogP) is 3.23. The Morgan fingerprint density at radius 3 is 2.55 bits per heavy atom. The van der Waals surface area contributed by atoms with E-state index in [1.165, 1.54) is 0 Å². The lowest BCUT2D eigenvalue weighted by molar-refractivity contribution is 0.101. The molecule has 1 aliphatic heterocycles. The second-order valence-electron chi connectivity index (χ2n) is 4.65. The average Bonchev–Trinajstić information content (AvgIpc) is 2.92. The molecule has 4 heteroatoms. The van der Waals surface area contributed by atoms with Gasteiger partial charge in [-0.25, -0.2) is 0 Å². The zero-order valence-electron chi connectivity index (χ0n) is 11.2. The van der Waals surface area contributed by atoms with Crippen LogP contribution in [-0.4, -0.2) is 12.6 Å². The lowest BCUT2D eigenvalue weighted by Gasteiger charge is -2.11. The van der Waals surface area contributed by atoms with E-state index in [2.05, 4.69) is 5.32 Å². The van der Waals surface area contributed by atoms with Gasteiger partial charge >= 0.3 is 0 Å². The lowest BCUT2D eigenvalue weighted by atomic mass is 10.1. The molecule has 0 unspecified atom stereocenters. The molecule has 0 radical (unpaired) electrons. The second kappa shape index (κ2) is 5.25. The Morgan fingerprint density at radius 2 is 1.85 bits per heavy atom. The first-order valence-electron chi connectivity index (χ1n) is 6.46. The highest BCUT2D eigenvalue weighted by atomic mass is 16.7. The van der Waals surface area contributed by atoms with Crippen molar-refractivity contribution in [1.82, 2.24) is 0 Å². The number of ether oxygens (including phenoxy) is 2. The van der Waals surface area contributed by atoms with E-state index in [1.54, 1.807) is 13.0 Å². The van der Waals surface area contributed by atoms with Crippen molar-refractivity contribution in [1.29, 1.82) is 0 Å². The van der Waals surface area contributed by atoms with E-state index < -0.39 is 0 Å². The molecule has 1 aliphatic rings. The van der Waals surface area contributed by atoms with Gasteiger partial charge in [0, 0.05) is 23.9 Å². The first-order valence-corrected chi connectivity index (χ1v) is 6.46. The molecule has 0 aliphatic carbocycles. The lowest BCUT2D eigenvalue weighted by Crippen LogP contribution is -2.05. The smallest absolute Gasteiger partial charge is 0.231 e. The predicted molar refractivity (Wildman–Crippen MR) is 76.3 cm³/mol. The number of hydrogen-bond donors (Lipinski definition) is 1. The van der Waals surface area contributed by atoms with Gasteiger partial charge in [0.1, 0.15) is 0 Å². The summed E-state index contributed by atoms with van der Waals surface area (Å²) >= 11 is 0. The maximum atomic E-state index is 11.7. The van der Waals surface area contributed by atoms with Gasteiger partial charge in [-0.05, 0) is 18.6 Å². The Morgan fingerprint density at radius 1 is 1.15 bits per heavy atom. The van der Waals surface area contributed by atoms with Crippen molar-refractivity contribution in [2.24, 2.45) is 0 Å². The van der Waals surface area contributed by atoms with Crippen LogP contribution < -0.4 is 14.8 Å². The zero-order valence-corrected chi connectivity index (χ0v) is 11.2. The van der Waals surface area contributed by atoms with Crippen LogP contribution >= 0.6 is 0 Å². The van der Waals surface area contributed by atoms with Crippen LogP contribution in [0.3, 0.4) is 0 Å². The molecular formula is C16H15NO3. The molecule has 0 spiro atoms. The van der Waals surface area contributed by atoms with Gasteiger partial charge in [-0.3, -0.25) is 4.79 Å². The Balaban J connectivity index is 1.86. The van der Waals surface area contributed by atoms with E-state index in [1.807, 2.05) is 36.4 Å². The number of Topliss-reactive ketones (excluding diaryl/α,β-unsaturated/α-hetero) is 1. The number of fused-ring (bicyclic) bond motifs is 1. The average molecular weight is 269 g/mol. The fourth-order valence-corrected chi connectivity index (χ4v) is 2.17. The van der Waals surface area contributed by atoms with Crippen LogP contribution in [0.2, 0.25) is 0 Å². The molecule has 0 amide bonds. The molecule has 1 heterocycles. The van der Waals surface area contributed by atoms with E-state index in [-0.39, 0.29) is 12.6 Å². The third-order valence-corrected chi connectivity index (χ3v) is 3.22. The summed E-state index contributed by atoms with van der Waals surface area (Å²) in [6.45, 7) is 2.40. The van der Waals surface area contributed by atoms with Crippen LogP contribution in [0.15, 0.2) is 42.5 Å². The minimum atomic E-state index is -0.00105. The highest BCUT2D eigenvalue weighted by molar-refractivity contribution is 6.00. The number of hydrogen-bond acceptors (Lipinski definition) is 4. The third-order valence-electron chi connectivity index (χ3n) is 3.22. The Bertz CT molecular complexity index is 638.